The molecule has 158 valence electrons. The molecule has 0 aliphatic rings. The van der Waals surface area contributed by atoms with E-state index in [1.54, 1.807) is 36.5 Å². The van der Waals surface area contributed by atoms with Crippen LogP contribution in [-0.4, -0.2) is 39.4 Å². The average Bonchev–Trinajstić information content (AvgIpc) is 2.84. The molecule has 2 N–H and O–H groups in total. The first-order valence-corrected chi connectivity index (χ1v) is 9.81. The lowest BCUT2D eigenvalue weighted by Crippen LogP contribution is -2.20. The van der Waals surface area contributed by atoms with Gasteiger partial charge in [0.15, 0.2) is 5.82 Å². The average molecular weight is 427 g/mol. The molecule has 0 saturated carbocycles. The van der Waals surface area contributed by atoms with Gasteiger partial charge in [-0.15, -0.1) is 0 Å². The number of carbonyl (C=O) groups excluding carboxylic acids is 1. The number of fused-ring (bicyclic) bond motifs is 1. The van der Waals surface area contributed by atoms with Gasteiger partial charge in [0.25, 0.3) is 5.91 Å². The van der Waals surface area contributed by atoms with Crippen molar-refractivity contribution in [3.63, 3.8) is 0 Å². The molecule has 0 atom stereocenters. The smallest absolute Gasteiger partial charge is 0.254 e. The number of nitrogens with one attached hydrogen (secondary N) is 2. The topological polar surface area (TPSA) is 116 Å². The van der Waals surface area contributed by atoms with E-state index in [1.165, 1.54) is 13.4 Å². The summed E-state index contributed by atoms with van der Waals surface area (Å²) in [5, 5.41) is 15.1. The molecule has 0 unspecified atom stereocenters. The van der Waals surface area contributed by atoms with Crippen LogP contribution in [-0.2, 0) is 6.42 Å². The van der Waals surface area contributed by atoms with Gasteiger partial charge in [-0.2, -0.15) is 5.26 Å². The molecule has 0 saturated heterocycles. The largest absolute Gasteiger partial charge is 0.370 e. The first kappa shape index (κ1) is 20.8. The summed E-state index contributed by atoms with van der Waals surface area (Å²) in [5.41, 5.74) is 3.24. The number of benzene rings is 1. The second-order valence-electron chi connectivity index (χ2n) is 6.88. The monoisotopic (exact) mass is 427 g/mol. The first-order valence-electron chi connectivity index (χ1n) is 9.81. The lowest BCUT2D eigenvalue weighted by atomic mass is 10.0. The summed E-state index contributed by atoms with van der Waals surface area (Å²) in [7, 11) is 1.46. The summed E-state index contributed by atoms with van der Waals surface area (Å²) in [6.07, 6.45) is 4.70. The van der Waals surface area contributed by atoms with Crippen LogP contribution >= 0.6 is 0 Å². The Morgan fingerprint density at radius 2 is 2.00 bits per heavy atom. The van der Waals surface area contributed by atoms with E-state index in [2.05, 4.69) is 30.6 Å². The SMILES string of the molecule is CNC(=O)c1c(F)cnc2c(CCNc3cc(-c4ccc(C#N)nc4)ncn3)cccc12. The first-order chi connectivity index (χ1) is 15.6. The fourth-order valence-corrected chi connectivity index (χ4v) is 3.37. The molecule has 1 amide bonds. The zero-order valence-corrected chi connectivity index (χ0v) is 17.1. The number of aromatic nitrogens is 4. The van der Waals surface area contributed by atoms with Crippen molar-refractivity contribution in [3.05, 3.63) is 77.8 Å². The summed E-state index contributed by atoms with van der Waals surface area (Å²) in [5.74, 6) is -0.515. The highest BCUT2D eigenvalue weighted by Gasteiger charge is 2.17. The number of pyridine rings is 2. The molecule has 32 heavy (non-hydrogen) atoms. The van der Waals surface area contributed by atoms with Crippen LogP contribution in [0, 0.1) is 17.1 Å². The normalized spacial score (nSPS) is 10.5. The molecule has 0 radical (unpaired) electrons. The molecule has 0 aliphatic heterocycles. The van der Waals surface area contributed by atoms with Crippen molar-refractivity contribution in [2.45, 2.75) is 6.42 Å². The van der Waals surface area contributed by atoms with Crippen LogP contribution in [0.25, 0.3) is 22.2 Å². The number of hydrogen-bond donors (Lipinski definition) is 2. The second kappa shape index (κ2) is 9.14. The van der Waals surface area contributed by atoms with Crippen molar-refractivity contribution in [2.75, 3.05) is 18.9 Å². The second-order valence-corrected chi connectivity index (χ2v) is 6.88. The summed E-state index contributed by atoms with van der Waals surface area (Å²) < 4.78 is 14.2. The van der Waals surface area contributed by atoms with Crippen molar-refractivity contribution in [1.29, 1.82) is 5.26 Å². The molecule has 8 nitrogen and oxygen atoms in total. The maximum Gasteiger partial charge on any atom is 0.254 e. The Kier molecular flexibility index (Phi) is 5.94. The fourth-order valence-electron chi connectivity index (χ4n) is 3.37. The van der Waals surface area contributed by atoms with Crippen LogP contribution < -0.4 is 10.6 Å². The van der Waals surface area contributed by atoms with Gasteiger partial charge in [-0.25, -0.2) is 19.3 Å². The van der Waals surface area contributed by atoms with Crippen LogP contribution in [0.3, 0.4) is 0 Å². The van der Waals surface area contributed by atoms with Crippen molar-refractivity contribution in [2.24, 2.45) is 0 Å². The highest BCUT2D eigenvalue weighted by Crippen LogP contribution is 2.23. The summed E-state index contributed by atoms with van der Waals surface area (Å²) in [6, 6.07) is 12.6. The van der Waals surface area contributed by atoms with Gasteiger partial charge in [-0.05, 0) is 24.1 Å². The number of nitriles is 1. The number of anilines is 1. The molecule has 4 rings (SSSR count). The van der Waals surface area contributed by atoms with Crippen LogP contribution in [0.15, 0.2) is 55.1 Å². The molecule has 3 aromatic heterocycles. The lowest BCUT2D eigenvalue weighted by molar-refractivity contribution is 0.0961. The minimum Gasteiger partial charge on any atom is -0.370 e. The molecular weight excluding hydrogens is 409 g/mol. The van der Waals surface area contributed by atoms with Gasteiger partial charge in [0.2, 0.25) is 0 Å². The van der Waals surface area contributed by atoms with Crippen molar-refractivity contribution >= 4 is 22.6 Å². The molecule has 0 spiro atoms. The summed E-state index contributed by atoms with van der Waals surface area (Å²) in [6.45, 7) is 0.537. The van der Waals surface area contributed by atoms with Gasteiger partial charge in [0.05, 0.1) is 23.0 Å². The van der Waals surface area contributed by atoms with Crippen molar-refractivity contribution < 1.29 is 9.18 Å². The number of para-hydroxylation sites is 1. The predicted molar refractivity (Wildman–Crippen MR) is 117 cm³/mol. The van der Waals surface area contributed by atoms with E-state index in [0.29, 0.717) is 41.1 Å². The predicted octanol–water partition coefficient (Wildman–Crippen LogP) is 3.11. The number of nitrogens with zero attached hydrogens (tertiary/aromatic N) is 5. The van der Waals surface area contributed by atoms with E-state index in [9.17, 15) is 9.18 Å². The third kappa shape index (κ3) is 4.20. The minimum atomic E-state index is -0.655. The van der Waals surface area contributed by atoms with Crippen LogP contribution in [0.2, 0.25) is 0 Å². The Bertz CT molecular complexity index is 1330. The summed E-state index contributed by atoms with van der Waals surface area (Å²) >= 11 is 0. The maximum atomic E-state index is 14.2. The van der Waals surface area contributed by atoms with E-state index in [-0.39, 0.29) is 5.56 Å². The van der Waals surface area contributed by atoms with Crippen molar-refractivity contribution in [1.82, 2.24) is 25.3 Å². The molecule has 0 aliphatic carbocycles. The number of rotatable bonds is 6. The van der Waals surface area contributed by atoms with Gasteiger partial charge in [0.1, 0.15) is 23.9 Å². The quantitative estimate of drug-likeness (QED) is 0.486. The van der Waals surface area contributed by atoms with E-state index in [4.69, 9.17) is 5.26 Å². The van der Waals surface area contributed by atoms with Gasteiger partial charge in [0, 0.05) is 36.8 Å². The van der Waals surface area contributed by atoms with E-state index in [0.717, 1.165) is 17.3 Å². The standard InChI is InChI=1S/C23H18FN7O/c1-26-23(32)21-17-4-2-3-14(22(17)29-12-18(21)24)7-8-27-20-9-19(30-13-31-20)15-5-6-16(10-25)28-11-15/h2-6,9,11-13H,7-8H2,1H3,(H,26,32)(H,27,30,31). The van der Waals surface area contributed by atoms with Gasteiger partial charge in [-0.3, -0.25) is 9.78 Å². The molecule has 9 heteroatoms. The Hall–Kier alpha value is -4.45. The Balaban J connectivity index is 1.51. The number of carbonyl (C=O) groups is 1. The third-order valence-electron chi connectivity index (χ3n) is 4.93. The third-order valence-corrected chi connectivity index (χ3v) is 4.93. The Morgan fingerprint density at radius 3 is 2.75 bits per heavy atom. The molecule has 4 aromatic rings. The highest BCUT2D eigenvalue weighted by atomic mass is 19.1. The molecular formula is C23H18FN7O. The van der Waals surface area contributed by atoms with Gasteiger partial charge < -0.3 is 10.6 Å². The molecule has 1 aromatic carbocycles. The maximum absolute atomic E-state index is 14.2. The van der Waals surface area contributed by atoms with E-state index in [1.807, 2.05) is 12.1 Å². The van der Waals surface area contributed by atoms with Crippen molar-refractivity contribution in [3.8, 4) is 17.3 Å². The molecule has 3 heterocycles. The van der Waals surface area contributed by atoms with E-state index >= 15 is 0 Å². The number of amides is 1. The minimum absolute atomic E-state index is 0.0104. The number of halogens is 1. The van der Waals surface area contributed by atoms with Crippen LogP contribution in [0.1, 0.15) is 21.6 Å². The van der Waals surface area contributed by atoms with E-state index < -0.39 is 11.7 Å². The Labute approximate surface area is 183 Å². The van der Waals surface area contributed by atoms with Crippen LogP contribution in [0.4, 0.5) is 10.2 Å². The van der Waals surface area contributed by atoms with Gasteiger partial charge in [-0.1, -0.05) is 18.2 Å². The van der Waals surface area contributed by atoms with Gasteiger partial charge >= 0.3 is 0 Å². The molecule has 0 fully saturated rings. The Morgan fingerprint density at radius 1 is 1.12 bits per heavy atom. The summed E-state index contributed by atoms with van der Waals surface area (Å²) in [4.78, 5) is 28.9. The molecule has 0 bridgehead atoms. The fraction of sp³-hybridized carbons (Fsp3) is 0.130. The zero-order valence-electron chi connectivity index (χ0n) is 17.1. The highest BCUT2D eigenvalue weighted by molar-refractivity contribution is 6.06. The lowest BCUT2D eigenvalue weighted by Gasteiger charge is -2.11. The zero-order chi connectivity index (χ0) is 22.5. The number of hydrogen-bond acceptors (Lipinski definition) is 7. The van der Waals surface area contributed by atoms with Crippen LogP contribution in [0.5, 0.6) is 0 Å².